The molecule has 0 fully saturated rings. The van der Waals surface area contributed by atoms with Crippen molar-refractivity contribution in [3.05, 3.63) is 0 Å². The summed E-state index contributed by atoms with van der Waals surface area (Å²) in [5.41, 5.74) is 0. The molecule has 0 aliphatic rings. The maximum atomic E-state index is 8.63. The highest BCUT2D eigenvalue weighted by Crippen LogP contribution is 2.17. The summed E-state index contributed by atoms with van der Waals surface area (Å²) in [7, 11) is -2.39. The van der Waals surface area contributed by atoms with Crippen molar-refractivity contribution in [2.45, 2.75) is 226 Å². The fourth-order valence-corrected chi connectivity index (χ4v) is 6.51. The third kappa shape index (κ3) is 46.0. The Kier molecular flexibility index (Phi) is 38.2. The zero-order valence-electron chi connectivity index (χ0n) is 31.3. The molecule has 1 N–H and O–H groups in total. The van der Waals surface area contributed by atoms with Crippen molar-refractivity contribution in [3.63, 3.8) is 0 Å². The maximum Gasteiger partial charge on any atom is 0.215 e. The lowest BCUT2D eigenvalue weighted by molar-refractivity contribution is -0.908. The zero-order valence-corrected chi connectivity index (χ0v) is 32.1. The van der Waals surface area contributed by atoms with Crippen LogP contribution in [0.1, 0.15) is 226 Å². The Morgan fingerprint density at radius 2 is 0.556 bits per heavy atom. The lowest BCUT2D eigenvalue weighted by atomic mass is 10.0. The smallest absolute Gasteiger partial charge is 0.215 e. The van der Waals surface area contributed by atoms with Gasteiger partial charge in [-0.05, 0) is 32.6 Å². The summed E-state index contributed by atoms with van der Waals surface area (Å²) in [6, 6.07) is 0. The quantitative estimate of drug-likeness (QED) is 0.0317. The Morgan fingerprint density at radius 1 is 0.400 bits per heavy atom. The summed E-state index contributed by atoms with van der Waals surface area (Å²) in [6.45, 7) is 11.2. The van der Waals surface area contributed by atoms with Gasteiger partial charge in [0.2, 0.25) is 10.4 Å². The van der Waals surface area contributed by atoms with E-state index in [2.05, 4.69) is 27.8 Å². The minimum absolute atomic E-state index is 1.32. The van der Waals surface area contributed by atoms with Crippen LogP contribution in [0.3, 0.4) is 0 Å². The van der Waals surface area contributed by atoms with E-state index < -0.39 is 10.4 Å². The van der Waals surface area contributed by atoms with Crippen LogP contribution in [-0.2, 0) is 10.4 Å². The lowest BCUT2D eigenvalue weighted by Crippen LogP contribution is -2.45. The van der Waals surface area contributed by atoms with E-state index in [1.54, 1.807) is 0 Å². The molecule has 0 saturated carbocycles. The molecule has 0 amide bonds. The minimum Gasteiger partial charge on any atom is -0.726 e. The van der Waals surface area contributed by atoms with Crippen LogP contribution >= 0.6 is 0 Å². The van der Waals surface area contributed by atoms with Crippen molar-refractivity contribution < 1.29 is 22.0 Å². The molecule has 0 aromatic carbocycles. The second-order valence-corrected chi connectivity index (χ2v) is 15.3. The average Bonchev–Trinajstić information content (AvgIpc) is 3.00. The molecule has 5 nitrogen and oxygen atoms in total. The number of rotatable bonds is 35. The maximum absolute atomic E-state index is 8.63. The van der Waals surface area contributed by atoms with Crippen LogP contribution in [0.25, 0.3) is 0 Å². The molecule has 0 rings (SSSR count). The highest BCUT2D eigenvalue weighted by atomic mass is 32.3. The molecule has 0 bridgehead atoms. The van der Waals surface area contributed by atoms with Crippen LogP contribution in [-0.4, -0.2) is 48.7 Å². The highest BCUT2D eigenvalue weighted by Gasteiger charge is 2.17. The Labute approximate surface area is 284 Å². The molecule has 0 saturated heterocycles. The van der Waals surface area contributed by atoms with E-state index in [-0.39, 0.29) is 0 Å². The Bertz CT molecular complexity index is 611. The van der Waals surface area contributed by atoms with Gasteiger partial charge in [0.25, 0.3) is 0 Å². The van der Waals surface area contributed by atoms with Crippen molar-refractivity contribution in [3.8, 4) is 0 Å². The van der Waals surface area contributed by atoms with Gasteiger partial charge in [-0.2, -0.15) is 0 Å². The van der Waals surface area contributed by atoms with Crippen LogP contribution in [0.2, 0.25) is 0 Å². The Hall–Kier alpha value is -0.170. The van der Waals surface area contributed by atoms with E-state index in [9.17, 15) is 0 Å². The first kappa shape index (κ1) is 46.9. The van der Waals surface area contributed by atoms with Crippen molar-refractivity contribution in [1.82, 2.24) is 0 Å². The molecule has 0 atom stereocenters. The summed E-state index contributed by atoms with van der Waals surface area (Å²) < 4.78 is 34.2. The van der Waals surface area contributed by atoms with Gasteiger partial charge in [-0.15, -0.1) is 0 Å². The molecule has 0 radical (unpaired) electrons. The molecule has 6 heteroatoms. The molecular weight excluding hydrogens is 578 g/mol. The van der Waals surface area contributed by atoms with Gasteiger partial charge in [-0.3, -0.25) is 4.55 Å². The molecule has 0 unspecified atom stereocenters. The van der Waals surface area contributed by atoms with Gasteiger partial charge in [0.1, 0.15) is 0 Å². The predicted octanol–water partition coefficient (Wildman–Crippen LogP) is 13.0. The first-order chi connectivity index (χ1) is 21.7. The second-order valence-electron chi connectivity index (χ2n) is 14.4. The number of quaternary nitrogens is 1. The molecule has 0 spiro atoms. The monoisotopic (exact) mass is 662 g/mol. The lowest BCUT2D eigenvalue weighted by Gasteiger charge is -2.33. The third-order valence-electron chi connectivity index (χ3n) is 9.87. The normalized spacial score (nSPS) is 12.0. The molecule has 45 heavy (non-hydrogen) atoms. The molecule has 0 aromatic heterocycles. The predicted molar refractivity (Wildman–Crippen MR) is 198 cm³/mol. The SMILES string of the molecule is CCCCCCCCCCCCCCCCCC[N+](C)(CC)CCCCCCCCCCCCCCCCCC.O=S(=O)([O-])O. The molecule has 0 aliphatic heterocycles. The van der Waals surface area contributed by atoms with E-state index in [0.717, 1.165) is 0 Å². The largest absolute Gasteiger partial charge is 0.726 e. The third-order valence-corrected chi connectivity index (χ3v) is 9.87. The van der Waals surface area contributed by atoms with Crippen LogP contribution in [0.5, 0.6) is 0 Å². The van der Waals surface area contributed by atoms with Gasteiger partial charge < -0.3 is 9.04 Å². The van der Waals surface area contributed by atoms with Gasteiger partial charge >= 0.3 is 0 Å². The fourth-order valence-electron chi connectivity index (χ4n) is 6.51. The van der Waals surface area contributed by atoms with Crippen LogP contribution < -0.4 is 0 Å². The van der Waals surface area contributed by atoms with Gasteiger partial charge in [0.15, 0.2) is 0 Å². The van der Waals surface area contributed by atoms with E-state index >= 15 is 0 Å². The number of nitrogens with zero attached hydrogens (tertiary/aromatic N) is 1. The second kappa shape index (κ2) is 36.7. The molecule has 0 aromatic rings. The molecule has 0 aliphatic carbocycles. The average molecular weight is 662 g/mol. The molecule has 274 valence electrons. The van der Waals surface area contributed by atoms with Crippen LogP contribution in [0.15, 0.2) is 0 Å². The van der Waals surface area contributed by atoms with Gasteiger partial charge in [-0.25, -0.2) is 8.42 Å². The Balaban J connectivity index is 0. The summed E-state index contributed by atoms with van der Waals surface area (Å²) in [5.74, 6) is 0. The van der Waals surface area contributed by atoms with E-state index in [1.165, 1.54) is 230 Å². The van der Waals surface area contributed by atoms with E-state index in [0.29, 0.717) is 0 Å². The summed E-state index contributed by atoms with van der Waals surface area (Å²) in [6.07, 6.45) is 47.0. The number of unbranched alkanes of at least 4 members (excludes halogenated alkanes) is 30. The topological polar surface area (TPSA) is 77.4 Å². The summed E-state index contributed by atoms with van der Waals surface area (Å²) >= 11 is 0. The van der Waals surface area contributed by atoms with Crippen molar-refractivity contribution in [2.24, 2.45) is 0 Å². The summed E-state index contributed by atoms with van der Waals surface area (Å²) in [4.78, 5) is 0. The number of hydrogen-bond donors (Lipinski definition) is 1. The molecular formula is C39H83NO4S. The summed E-state index contributed by atoms with van der Waals surface area (Å²) in [5, 5.41) is 0. The van der Waals surface area contributed by atoms with Gasteiger partial charge in [0, 0.05) is 0 Å². The van der Waals surface area contributed by atoms with Crippen LogP contribution in [0, 0.1) is 0 Å². The first-order valence-corrected chi connectivity index (χ1v) is 21.6. The fraction of sp³-hybridized carbons (Fsp3) is 1.00. The minimum atomic E-state index is -4.92. The standard InChI is InChI=1S/C39H82N.H2O4S/c1-5-8-10-12-14-16-18-20-22-24-26-28-30-32-34-36-38-40(4,7-3)39-37-35-33-31-29-27-25-23-21-19-17-15-13-11-9-6-2;1-5(2,3)4/h5-39H2,1-4H3;(H2,1,2,3,4)/q+1;/p-1. The van der Waals surface area contributed by atoms with Gasteiger partial charge in [-0.1, -0.05) is 194 Å². The zero-order chi connectivity index (χ0) is 33.7. The Morgan fingerprint density at radius 3 is 0.711 bits per heavy atom. The number of hydrogen-bond acceptors (Lipinski definition) is 3. The van der Waals surface area contributed by atoms with Crippen molar-refractivity contribution in [2.75, 3.05) is 26.7 Å². The molecule has 0 heterocycles. The van der Waals surface area contributed by atoms with Gasteiger partial charge in [0.05, 0.1) is 26.7 Å². The van der Waals surface area contributed by atoms with Crippen molar-refractivity contribution >= 4 is 10.4 Å². The highest BCUT2D eigenvalue weighted by molar-refractivity contribution is 7.79. The van der Waals surface area contributed by atoms with Crippen molar-refractivity contribution in [1.29, 1.82) is 0 Å². The van der Waals surface area contributed by atoms with Crippen LogP contribution in [0.4, 0.5) is 0 Å². The van der Waals surface area contributed by atoms with E-state index in [4.69, 9.17) is 17.5 Å². The van der Waals surface area contributed by atoms with E-state index in [1.807, 2.05) is 0 Å². The first-order valence-electron chi connectivity index (χ1n) is 20.2.